The summed E-state index contributed by atoms with van der Waals surface area (Å²) >= 11 is 0. The number of hydrogen-bond acceptors (Lipinski definition) is 3. The van der Waals surface area contributed by atoms with Gasteiger partial charge in [0.05, 0.1) is 6.42 Å². The number of carbonyl (C=O) groups is 1. The first-order valence-corrected chi connectivity index (χ1v) is 7.27. The molecule has 0 atom stereocenters. The second-order valence-electron chi connectivity index (χ2n) is 4.58. The summed E-state index contributed by atoms with van der Waals surface area (Å²) in [6, 6.07) is 0. The third-order valence-electron chi connectivity index (χ3n) is 2.96. The molecule has 2 N–H and O–H groups in total. The van der Waals surface area contributed by atoms with E-state index in [0.717, 1.165) is 7.05 Å². The van der Waals surface area contributed by atoms with Gasteiger partial charge < -0.3 is 10.1 Å². The zero-order chi connectivity index (χ0) is 16.6. The zero-order valence-corrected chi connectivity index (χ0v) is 12.4. The van der Waals surface area contributed by atoms with Gasteiger partial charge in [0.1, 0.15) is 10.6 Å². The smallest absolute Gasteiger partial charge is 0.390 e. The fourth-order valence-corrected chi connectivity index (χ4v) is 3.46. The van der Waals surface area contributed by atoms with Gasteiger partial charge in [-0.1, -0.05) is 0 Å². The van der Waals surface area contributed by atoms with E-state index < -0.39 is 35.1 Å². The number of carboxylic acid groups (broad SMARTS) is 1. The Bertz CT molecular complexity index is 649. The number of hydrogen-bond donors (Lipinski definition) is 2. The van der Waals surface area contributed by atoms with Crippen LogP contribution in [0.25, 0.3) is 0 Å². The normalized spacial score (nSPS) is 12.9. The summed E-state index contributed by atoms with van der Waals surface area (Å²) in [4.78, 5) is 13.1. The molecule has 1 rings (SSSR count). The summed E-state index contributed by atoms with van der Waals surface area (Å²) in [5, 5.41) is 8.93. The monoisotopic (exact) mass is 328 g/mol. The molecule has 0 aliphatic carbocycles. The highest BCUT2D eigenvalue weighted by molar-refractivity contribution is 7.89. The van der Waals surface area contributed by atoms with Crippen molar-refractivity contribution in [2.24, 2.45) is 0 Å². The van der Waals surface area contributed by atoms with Crippen LogP contribution in [-0.4, -0.2) is 48.6 Å². The van der Waals surface area contributed by atoms with Crippen LogP contribution in [0.2, 0.25) is 0 Å². The van der Waals surface area contributed by atoms with Crippen molar-refractivity contribution in [3.05, 3.63) is 17.0 Å². The summed E-state index contributed by atoms with van der Waals surface area (Å²) in [6.07, 6.45) is -5.75. The van der Waals surface area contributed by atoms with Crippen LogP contribution in [0.1, 0.15) is 28.2 Å². The van der Waals surface area contributed by atoms with Crippen LogP contribution in [-0.2, 0) is 10.0 Å². The largest absolute Gasteiger partial charge is 0.477 e. The van der Waals surface area contributed by atoms with Gasteiger partial charge in [0.25, 0.3) is 0 Å². The minimum atomic E-state index is -4.47. The first kappa shape index (κ1) is 17.5. The first-order valence-electron chi connectivity index (χ1n) is 5.83. The van der Waals surface area contributed by atoms with Crippen molar-refractivity contribution in [3.63, 3.8) is 0 Å². The molecule has 0 spiro atoms. The SMILES string of the molecule is Cc1[nH]c(C(=O)O)c(C)c1S(=O)(=O)N(C)CCC(F)(F)F. The number of nitrogens with one attached hydrogen (secondary N) is 1. The van der Waals surface area contributed by atoms with Gasteiger partial charge in [-0.05, 0) is 13.8 Å². The van der Waals surface area contributed by atoms with Crippen molar-refractivity contribution in [1.82, 2.24) is 9.29 Å². The quantitative estimate of drug-likeness (QED) is 0.864. The number of rotatable bonds is 5. The van der Waals surface area contributed by atoms with Crippen molar-refractivity contribution in [3.8, 4) is 0 Å². The van der Waals surface area contributed by atoms with Crippen molar-refractivity contribution < 1.29 is 31.5 Å². The molecule has 1 aromatic rings. The van der Waals surface area contributed by atoms with Crippen molar-refractivity contribution >= 4 is 16.0 Å². The van der Waals surface area contributed by atoms with E-state index in [-0.39, 0.29) is 21.8 Å². The minimum Gasteiger partial charge on any atom is -0.477 e. The summed E-state index contributed by atoms with van der Waals surface area (Å²) in [5.41, 5.74) is -0.252. The standard InChI is InChI=1S/C11H15F3N2O4S/c1-6-8(10(17)18)15-7(2)9(6)21(19,20)16(3)5-4-11(12,13)14/h15H,4-5H2,1-3H3,(H,17,18). The number of aromatic amines is 1. The number of carboxylic acids is 1. The number of H-pyrrole nitrogens is 1. The molecule has 0 aliphatic heterocycles. The molecule has 0 radical (unpaired) electrons. The van der Waals surface area contributed by atoms with E-state index in [1.807, 2.05) is 0 Å². The Morgan fingerprint density at radius 1 is 1.33 bits per heavy atom. The Hall–Kier alpha value is -1.55. The molecular formula is C11H15F3N2O4S. The van der Waals surface area contributed by atoms with Gasteiger partial charge in [0.15, 0.2) is 0 Å². The second-order valence-corrected chi connectivity index (χ2v) is 6.56. The number of aromatic carboxylic acids is 1. The third-order valence-corrected chi connectivity index (χ3v) is 5.09. The minimum absolute atomic E-state index is 0.0288. The maximum Gasteiger partial charge on any atom is 0.390 e. The lowest BCUT2D eigenvalue weighted by Gasteiger charge is -2.18. The maximum atomic E-state index is 12.3. The third kappa shape index (κ3) is 3.76. The molecule has 120 valence electrons. The molecule has 0 fully saturated rings. The average molecular weight is 328 g/mol. The molecular weight excluding hydrogens is 313 g/mol. The molecule has 0 unspecified atom stereocenters. The van der Waals surface area contributed by atoms with Gasteiger partial charge >= 0.3 is 12.1 Å². The Kier molecular flexibility index (Phi) is 4.73. The molecule has 0 saturated heterocycles. The fourth-order valence-electron chi connectivity index (χ4n) is 1.89. The van der Waals surface area contributed by atoms with E-state index in [0.29, 0.717) is 4.31 Å². The van der Waals surface area contributed by atoms with E-state index in [2.05, 4.69) is 4.98 Å². The average Bonchev–Trinajstić information content (AvgIpc) is 2.61. The predicted molar refractivity (Wildman–Crippen MR) is 67.7 cm³/mol. The van der Waals surface area contributed by atoms with E-state index in [4.69, 9.17) is 5.11 Å². The van der Waals surface area contributed by atoms with Gasteiger partial charge in [0.2, 0.25) is 10.0 Å². The molecule has 0 aliphatic rings. The predicted octanol–water partition coefficient (Wildman–Crippen LogP) is 1.90. The number of nitrogens with zero attached hydrogens (tertiary/aromatic N) is 1. The van der Waals surface area contributed by atoms with E-state index in [1.54, 1.807) is 0 Å². The molecule has 21 heavy (non-hydrogen) atoms. The number of aryl methyl sites for hydroxylation is 1. The van der Waals surface area contributed by atoms with Gasteiger partial charge in [-0.3, -0.25) is 0 Å². The molecule has 1 heterocycles. The van der Waals surface area contributed by atoms with Crippen LogP contribution in [0.15, 0.2) is 4.90 Å². The van der Waals surface area contributed by atoms with Crippen LogP contribution < -0.4 is 0 Å². The van der Waals surface area contributed by atoms with Crippen molar-refractivity contribution in [2.45, 2.75) is 31.3 Å². The Labute approximate surface area is 119 Å². The molecule has 0 saturated carbocycles. The van der Waals surface area contributed by atoms with Crippen LogP contribution >= 0.6 is 0 Å². The summed E-state index contributed by atoms with van der Waals surface area (Å²) in [7, 11) is -3.18. The summed E-state index contributed by atoms with van der Waals surface area (Å²) < 4.78 is 61.6. The summed E-state index contributed by atoms with van der Waals surface area (Å²) in [5.74, 6) is -1.34. The first-order chi connectivity index (χ1) is 9.38. The summed E-state index contributed by atoms with van der Waals surface area (Å²) in [6.45, 7) is 1.90. The van der Waals surface area contributed by atoms with Crippen molar-refractivity contribution in [1.29, 1.82) is 0 Å². The maximum absolute atomic E-state index is 12.3. The molecule has 0 amide bonds. The fraction of sp³-hybridized carbons (Fsp3) is 0.545. The van der Waals surface area contributed by atoms with E-state index >= 15 is 0 Å². The highest BCUT2D eigenvalue weighted by Gasteiger charge is 2.33. The Morgan fingerprint density at radius 2 is 1.86 bits per heavy atom. The number of sulfonamides is 1. The lowest BCUT2D eigenvalue weighted by Crippen LogP contribution is -2.31. The van der Waals surface area contributed by atoms with Gasteiger partial charge in [-0.2, -0.15) is 13.2 Å². The highest BCUT2D eigenvalue weighted by Crippen LogP contribution is 2.27. The lowest BCUT2D eigenvalue weighted by atomic mass is 10.2. The molecule has 1 aromatic heterocycles. The molecule has 0 bridgehead atoms. The number of halogens is 3. The van der Waals surface area contributed by atoms with Crippen LogP contribution in [0.4, 0.5) is 13.2 Å². The highest BCUT2D eigenvalue weighted by atomic mass is 32.2. The zero-order valence-electron chi connectivity index (χ0n) is 11.6. The topological polar surface area (TPSA) is 90.5 Å². The van der Waals surface area contributed by atoms with E-state index in [1.165, 1.54) is 13.8 Å². The van der Waals surface area contributed by atoms with Crippen molar-refractivity contribution in [2.75, 3.05) is 13.6 Å². The van der Waals surface area contributed by atoms with Crippen LogP contribution in [0.3, 0.4) is 0 Å². The van der Waals surface area contributed by atoms with E-state index in [9.17, 15) is 26.4 Å². The van der Waals surface area contributed by atoms with Crippen LogP contribution in [0.5, 0.6) is 0 Å². The van der Waals surface area contributed by atoms with Gasteiger partial charge in [-0.15, -0.1) is 0 Å². The molecule has 10 heteroatoms. The van der Waals surface area contributed by atoms with Crippen LogP contribution in [0, 0.1) is 13.8 Å². The molecule has 6 nitrogen and oxygen atoms in total. The number of aromatic nitrogens is 1. The van der Waals surface area contributed by atoms with Gasteiger partial charge in [-0.25, -0.2) is 17.5 Å². The Balaban J connectivity index is 3.17. The Morgan fingerprint density at radius 3 is 2.24 bits per heavy atom. The number of alkyl halides is 3. The van der Waals surface area contributed by atoms with Gasteiger partial charge in [0, 0.05) is 24.8 Å². The second kappa shape index (κ2) is 5.68. The molecule has 0 aromatic carbocycles. The lowest BCUT2D eigenvalue weighted by molar-refractivity contribution is -0.135.